The first-order valence-electron chi connectivity index (χ1n) is 6.03. The average Bonchev–Trinajstić information content (AvgIpc) is 2.70. The van der Waals surface area contributed by atoms with Gasteiger partial charge in [-0.25, -0.2) is 0 Å². The quantitative estimate of drug-likeness (QED) is 0.927. The zero-order valence-electron chi connectivity index (χ0n) is 11.4. The molecule has 1 aromatic heterocycles. The van der Waals surface area contributed by atoms with Gasteiger partial charge in [0, 0.05) is 22.5 Å². The van der Waals surface area contributed by atoms with Crippen LogP contribution in [0.3, 0.4) is 0 Å². The van der Waals surface area contributed by atoms with Crippen molar-refractivity contribution in [1.82, 2.24) is 20.1 Å². The third kappa shape index (κ3) is 3.19. The van der Waals surface area contributed by atoms with Gasteiger partial charge in [-0.05, 0) is 50.4 Å². The van der Waals surface area contributed by atoms with Crippen LogP contribution in [0.15, 0.2) is 32.7 Å². The first kappa shape index (κ1) is 14.6. The Morgan fingerprint density at radius 2 is 2.11 bits per heavy atom. The minimum atomic E-state index is 0.325. The van der Waals surface area contributed by atoms with Crippen molar-refractivity contribution in [3.8, 4) is 0 Å². The lowest BCUT2D eigenvalue weighted by atomic mass is 10.1. The molecule has 0 aliphatic heterocycles. The van der Waals surface area contributed by atoms with Crippen LogP contribution in [0.1, 0.15) is 24.4 Å². The van der Waals surface area contributed by atoms with Gasteiger partial charge in [-0.15, -0.1) is 10.2 Å². The molecule has 1 aromatic carbocycles. The van der Waals surface area contributed by atoms with E-state index in [0.29, 0.717) is 6.04 Å². The molecule has 102 valence electrons. The second-order valence-corrected chi connectivity index (χ2v) is 6.28. The summed E-state index contributed by atoms with van der Waals surface area (Å²) >= 11 is 5.25. The van der Waals surface area contributed by atoms with E-state index in [1.807, 2.05) is 25.6 Å². The normalized spacial score (nSPS) is 12.7. The van der Waals surface area contributed by atoms with E-state index in [2.05, 4.69) is 56.6 Å². The van der Waals surface area contributed by atoms with Crippen molar-refractivity contribution < 1.29 is 0 Å². The molecule has 2 rings (SSSR count). The number of aromatic nitrogens is 3. The fourth-order valence-corrected chi connectivity index (χ4v) is 3.41. The summed E-state index contributed by atoms with van der Waals surface area (Å²) in [6, 6.07) is 6.70. The molecule has 0 bridgehead atoms. The number of hydrogen-bond donors (Lipinski definition) is 1. The standard InChI is InChI=1S/C13H17BrN4S/c1-8(15-3)11-6-5-10(7-12(11)14)19-13-17-16-9(2)18(13)4/h5-8,15H,1-4H3. The van der Waals surface area contributed by atoms with E-state index in [-0.39, 0.29) is 0 Å². The number of benzene rings is 1. The maximum Gasteiger partial charge on any atom is 0.195 e. The Labute approximate surface area is 126 Å². The van der Waals surface area contributed by atoms with E-state index >= 15 is 0 Å². The van der Waals surface area contributed by atoms with E-state index in [1.54, 1.807) is 11.8 Å². The zero-order valence-corrected chi connectivity index (χ0v) is 13.8. The van der Waals surface area contributed by atoms with Crippen molar-refractivity contribution in [1.29, 1.82) is 0 Å². The van der Waals surface area contributed by atoms with Crippen LogP contribution in [-0.4, -0.2) is 21.8 Å². The van der Waals surface area contributed by atoms with E-state index in [0.717, 1.165) is 20.3 Å². The molecule has 0 aliphatic rings. The summed E-state index contributed by atoms with van der Waals surface area (Å²) in [6.07, 6.45) is 0. The highest BCUT2D eigenvalue weighted by molar-refractivity contribution is 9.10. The van der Waals surface area contributed by atoms with Gasteiger partial charge in [-0.2, -0.15) is 0 Å². The minimum Gasteiger partial charge on any atom is -0.313 e. The zero-order chi connectivity index (χ0) is 14.0. The Hall–Kier alpha value is -0.850. The molecule has 0 radical (unpaired) electrons. The van der Waals surface area contributed by atoms with Gasteiger partial charge in [0.2, 0.25) is 0 Å². The lowest BCUT2D eigenvalue weighted by molar-refractivity contribution is 0.649. The average molecular weight is 341 g/mol. The molecule has 19 heavy (non-hydrogen) atoms. The molecule has 0 fully saturated rings. The van der Waals surface area contributed by atoms with Crippen molar-refractivity contribution >= 4 is 27.7 Å². The molecule has 1 heterocycles. The summed E-state index contributed by atoms with van der Waals surface area (Å²) in [4.78, 5) is 1.15. The molecular formula is C13H17BrN4S. The molecule has 0 spiro atoms. The van der Waals surface area contributed by atoms with Crippen molar-refractivity contribution in [2.75, 3.05) is 7.05 Å². The summed E-state index contributed by atoms with van der Waals surface area (Å²) in [5.74, 6) is 0.919. The number of nitrogens with one attached hydrogen (secondary N) is 1. The van der Waals surface area contributed by atoms with Crippen LogP contribution in [0.2, 0.25) is 0 Å². The van der Waals surface area contributed by atoms with E-state index < -0.39 is 0 Å². The smallest absolute Gasteiger partial charge is 0.195 e. The second kappa shape index (κ2) is 6.07. The lowest BCUT2D eigenvalue weighted by Gasteiger charge is -2.13. The van der Waals surface area contributed by atoms with Crippen LogP contribution in [0.4, 0.5) is 0 Å². The van der Waals surface area contributed by atoms with Crippen molar-refractivity contribution in [3.05, 3.63) is 34.1 Å². The lowest BCUT2D eigenvalue weighted by Crippen LogP contribution is -2.12. The maximum absolute atomic E-state index is 4.16. The second-order valence-electron chi connectivity index (χ2n) is 4.38. The van der Waals surface area contributed by atoms with Gasteiger partial charge in [-0.1, -0.05) is 22.0 Å². The Morgan fingerprint density at radius 3 is 2.63 bits per heavy atom. The first-order valence-corrected chi connectivity index (χ1v) is 7.64. The fourth-order valence-electron chi connectivity index (χ4n) is 1.66. The van der Waals surface area contributed by atoms with Crippen LogP contribution in [0.25, 0.3) is 0 Å². The Bertz CT molecular complexity index is 582. The molecule has 1 atom stereocenters. The van der Waals surface area contributed by atoms with Crippen LogP contribution in [0.5, 0.6) is 0 Å². The third-order valence-corrected chi connectivity index (χ3v) is 4.85. The summed E-state index contributed by atoms with van der Waals surface area (Å²) in [5.41, 5.74) is 1.25. The number of nitrogens with zero attached hydrogens (tertiary/aromatic N) is 3. The SMILES string of the molecule is CNC(C)c1ccc(Sc2nnc(C)n2C)cc1Br. The Balaban J connectivity index is 2.23. The number of hydrogen-bond acceptors (Lipinski definition) is 4. The van der Waals surface area contributed by atoms with Crippen LogP contribution in [-0.2, 0) is 7.05 Å². The van der Waals surface area contributed by atoms with E-state index in [4.69, 9.17) is 0 Å². The largest absolute Gasteiger partial charge is 0.313 e. The highest BCUT2D eigenvalue weighted by Crippen LogP contribution is 2.32. The van der Waals surface area contributed by atoms with Gasteiger partial charge in [0.05, 0.1) is 0 Å². The highest BCUT2D eigenvalue weighted by atomic mass is 79.9. The molecule has 0 amide bonds. The highest BCUT2D eigenvalue weighted by Gasteiger charge is 2.11. The minimum absolute atomic E-state index is 0.325. The molecule has 1 N–H and O–H groups in total. The molecule has 2 aromatic rings. The topological polar surface area (TPSA) is 42.7 Å². The van der Waals surface area contributed by atoms with Gasteiger partial charge in [0.25, 0.3) is 0 Å². The van der Waals surface area contributed by atoms with Crippen molar-refractivity contribution in [2.45, 2.75) is 29.9 Å². The fraction of sp³-hybridized carbons (Fsp3) is 0.385. The Morgan fingerprint density at radius 1 is 1.37 bits per heavy atom. The molecule has 0 saturated carbocycles. The van der Waals surface area contributed by atoms with Crippen molar-refractivity contribution in [2.24, 2.45) is 7.05 Å². The summed E-state index contributed by atoms with van der Waals surface area (Å²) in [6.45, 7) is 4.09. The summed E-state index contributed by atoms with van der Waals surface area (Å²) < 4.78 is 3.10. The van der Waals surface area contributed by atoms with Crippen LogP contribution >= 0.6 is 27.7 Å². The van der Waals surface area contributed by atoms with Crippen LogP contribution < -0.4 is 5.32 Å². The van der Waals surface area contributed by atoms with E-state index in [1.165, 1.54) is 5.56 Å². The van der Waals surface area contributed by atoms with Gasteiger partial charge in [0.15, 0.2) is 5.16 Å². The third-order valence-electron chi connectivity index (χ3n) is 3.13. The van der Waals surface area contributed by atoms with Gasteiger partial charge in [0.1, 0.15) is 5.82 Å². The molecular weight excluding hydrogens is 324 g/mol. The number of rotatable bonds is 4. The predicted molar refractivity (Wildman–Crippen MR) is 81.5 cm³/mol. The van der Waals surface area contributed by atoms with Gasteiger partial charge >= 0.3 is 0 Å². The number of halogens is 1. The Kier molecular flexibility index (Phi) is 4.65. The maximum atomic E-state index is 4.16. The van der Waals surface area contributed by atoms with Crippen molar-refractivity contribution in [3.63, 3.8) is 0 Å². The molecule has 4 nitrogen and oxygen atoms in total. The molecule has 6 heteroatoms. The van der Waals surface area contributed by atoms with Gasteiger partial charge in [-0.3, -0.25) is 0 Å². The predicted octanol–water partition coefficient (Wildman–Crippen LogP) is 3.32. The molecule has 1 unspecified atom stereocenters. The first-order chi connectivity index (χ1) is 9.02. The van der Waals surface area contributed by atoms with E-state index in [9.17, 15) is 0 Å². The number of aryl methyl sites for hydroxylation is 1. The van der Waals surface area contributed by atoms with Crippen LogP contribution in [0, 0.1) is 6.92 Å². The summed E-state index contributed by atoms with van der Waals surface area (Å²) in [7, 11) is 3.94. The molecule has 0 saturated heterocycles. The molecule has 0 aliphatic carbocycles. The van der Waals surface area contributed by atoms with Gasteiger partial charge < -0.3 is 9.88 Å². The monoisotopic (exact) mass is 340 g/mol. The summed E-state index contributed by atoms with van der Waals surface area (Å²) in [5, 5.41) is 12.4.